The van der Waals surface area contributed by atoms with Gasteiger partial charge in [0.1, 0.15) is 23.9 Å². The van der Waals surface area contributed by atoms with Crippen LogP contribution in [0.4, 0.5) is 5.69 Å². The molecule has 0 aliphatic heterocycles. The summed E-state index contributed by atoms with van der Waals surface area (Å²) in [7, 11) is 1.57. The van der Waals surface area contributed by atoms with E-state index in [-0.39, 0.29) is 12.5 Å². The van der Waals surface area contributed by atoms with E-state index in [1.54, 1.807) is 61.7 Å². The second-order valence-electron chi connectivity index (χ2n) is 5.30. The SMILES string of the molecule is COc1ccc(C(=O)Nc2ccc(-c3ccc(CO)o3)c(Cl)c2)cc1. The van der Waals surface area contributed by atoms with Gasteiger partial charge in [-0.1, -0.05) is 11.6 Å². The number of hydrogen-bond donors (Lipinski definition) is 2. The third-order valence-corrected chi connectivity index (χ3v) is 3.97. The predicted molar refractivity (Wildman–Crippen MR) is 96.0 cm³/mol. The smallest absolute Gasteiger partial charge is 0.255 e. The molecule has 25 heavy (non-hydrogen) atoms. The number of carbonyl (C=O) groups is 1. The third-order valence-electron chi connectivity index (χ3n) is 3.66. The second-order valence-corrected chi connectivity index (χ2v) is 5.71. The molecule has 1 heterocycles. The summed E-state index contributed by atoms with van der Waals surface area (Å²) in [5.41, 5.74) is 1.77. The summed E-state index contributed by atoms with van der Waals surface area (Å²) in [5, 5.41) is 12.3. The van der Waals surface area contributed by atoms with E-state index in [2.05, 4.69) is 5.32 Å². The number of nitrogens with one attached hydrogen (secondary N) is 1. The maximum absolute atomic E-state index is 12.3. The number of amides is 1. The molecule has 1 amide bonds. The largest absolute Gasteiger partial charge is 0.497 e. The van der Waals surface area contributed by atoms with Crippen LogP contribution in [0.3, 0.4) is 0 Å². The first kappa shape index (κ1) is 17.1. The van der Waals surface area contributed by atoms with E-state index >= 15 is 0 Å². The second kappa shape index (κ2) is 7.42. The van der Waals surface area contributed by atoms with Crippen LogP contribution in [0, 0.1) is 0 Å². The lowest BCUT2D eigenvalue weighted by Crippen LogP contribution is -2.11. The maximum atomic E-state index is 12.3. The molecule has 0 aliphatic rings. The van der Waals surface area contributed by atoms with Crippen molar-refractivity contribution in [3.8, 4) is 17.1 Å². The molecular weight excluding hydrogens is 342 g/mol. The van der Waals surface area contributed by atoms with Crippen LogP contribution < -0.4 is 10.1 Å². The molecule has 5 nitrogen and oxygen atoms in total. The molecule has 0 unspecified atom stereocenters. The Kier molecular flexibility index (Phi) is 5.07. The molecule has 0 spiro atoms. The van der Waals surface area contributed by atoms with Gasteiger partial charge in [-0.25, -0.2) is 0 Å². The van der Waals surface area contributed by atoms with Crippen LogP contribution in [0.2, 0.25) is 5.02 Å². The lowest BCUT2D eigenvalue weighted by Gasteiger charge is -2.08. The maximum Gasteiger partial charge on any atom is 0.255 e. The Bertz CT molecular complexity index is 887. The minimum absolute atomic E-state index is 0.173. The molecule has 2 aromatic carbocycles. The van der Waals surface area contributed by atoms with Gasteiger partial charge in [-0.2, -0.15) is 0 Å². The standard InChI is InChI=1S/C19H16ClNO4/c1-24-14-5-2-12(3-6-14)19(23)21-13-4-8-16(17(20)10-13)18-9-7-15(11-22)25-18/h2-10,22H,11H2,1H3,(H,21,23). The van der Waals surface area contributed by atoms with E-state index in [9.17, 15) is 4.79 Å². The zero-order valence-electron chi connectivity index (χ0n) is 13.5. The highest BCUT2D eigenvalue weighted by molar-refractivity contribution is 6.33. The molecule has 0 fully saturated rings. The highest BCUT2D eigenvalue weighted by atomic mass is 35.5. The average Bonchev–Trinajstić information content (AvgIpc) is 3.10. The molecule has 0 atom stereocenters. The number of halogens is 1. The van der Waals surface area contributed by atoms with Gasteiger partial charge in [0.15, 0.2) is 0 Å². The Balaban J connectivity index is 1.76. The number of rotatable bonds is 5. The van der Waals surface area contributed by atoms with Gasteiger partial charge in [0.2, 0.25) is 0 Å². The molecule has 0 saturated carbocycles. The fourth-order valence-corrected chi connectivity index (χ4v) is 2.62. The summed E-state index contributed by atoms with van der Waals surface area (Å²) < 4.78 is 10.6. The molecule has 3 rings (SSSR count). The van der Waals surface area contributed by atoms with E-state index in [4.69, 9.17) is 25.9 Å². The first-order valence-electron chi connectivity index (χ1n) is 7.55. The van der Waals surface area contributed by atoms with Crippen molar-refractivity contribution in [2.45, 2.75) is 6.61 Å². The molecule has 2 N–H and O–H groups in total. The van der Waals surface area contributed by atoms with Crippen molar-refractivity contribution in [2.24, 2.45) is 0 Å². The zero-order chi connectivity index (χ0) is 17.8. The number of aliphatic hydroxyl groups excluding tert-OH is 1. The van der Waals surface area contributed by atoms with Crippen LogP contribution in [-0.4, -0.2) is 18.1 Å². The molecule has 0 radical (unpaired) electrons. The quantitative estimate of drug-likeness (QED) is 0.712. The Hall–Kier alpha value is -2.76. The molecule has 128 valence electrons. The van der Waals surface area contributed by atoms with E-state index in [0.29, 0.717) is 39.1 Å². The third kappa shape index (κ3) is 3.84. The Labute approximate surface area is 149 Å². The summed E-state index contributed by atoms with van der Waals surface area (Å²) in [4.78, 5) is 12.3. The average molecular weight is 358 g/mol. The van der Waals surface area contributed by atoms with Gasteiger partial charge in [-0.15, -0.1) is 0 Å². The molecule has 0 bridgehead atoms. The number of hydrogen-bond acceptors (Lipinski definition) is 4. The summed E-state index contributed by atoms with van der Waals surface area (Å²) in [6.07, 6.45) is 0. The van der Waals surface area contributed by atoms with Crippen molar-refractivity contribution >= 4 is 23.2 Å². The van der Waals surface area contributed by atoms with Crippen LogP contribution in [0.15, 0.2) is 59.0 Å². The number of anilines is 1. The van der Waals surface area contributed by atoms with Crippen LogP contribution in [0.5, 0.6) is 5.75 Å². The molecule has 1 aromatic heterocycles. The van der Waals surface area contributed by atoms with Gasteiger partial charge < -0.3 is 19.6 Å². The predicted octanol–water partition coefficient (Wildman–Crippen LogP) is 4.35. The van der Waals surface area contributed by atoms with Gasteiger partial charge in [0.05, 0.1) is 12.1 Å². The van der Waals surface area contributed by atoms with Crippen LogP contribution in [0.1, 0.15) is 16.1 Å². The lowest BCUT2D eigenvalue weighted by atomic mass is 10.1. The number of ether oxygens (including phenoxy) is 1. The van der Waals surface area contributed by atoms with Crippen molar-refractivity contribution in [3.05, 3.63) is 70.9 Å². The highest BCUT2D eigenvalue weighted by Gasteiger charge is 2.11. The number of carbonyl (C=O) groups excluding carboxylic acids is 1. The van der Waals surface area contributed by atoms with Crippen molar-refractivity contribution in [2.75, 3.05) is 12.4 Å². The van der Waals surface area contributed by atoms with E-state index < -0.39 is 0 Å². The summed E-state index contributed by atoms with van der Waals surface area (Å²) in [6, 6.07) is 15.4. The Morgan fingerprint density at radius 2 is 1.92 bits per heavy atom. The van der Waals surface area contributed by atoms with E-state index in [1.165, 1.54) is 0 Å². The molecule has 0 saturated heterocycles. The van der Waals surface area contributed by atoms with Crippen molar-refractivity contribution in [3.63, 3.8) is 0 Å². The van der Waals surface area contributed by atoms with Crippen molar-refractivity contribution in [1.29, 1.82) is 0 Å². The van der Waals surface area contributed by atoms with Crippen molar-refractivity contribution in [1.82, 2.24) is 0 Å². The summed E-state index contributed by atoms with van der Waals surface area (Å²) in [5.74, 6) is 1.46. The van der Waals surface area contributed by atoms with Crippen LogP contribution in [-0.2, 0) is 6.61 Å². The normalized spacial score (nSPS) is 10.5. The number of aliphatic hydroxyl groups is 1. The first-order chi connectivity index (χ1) is 12.1. The first-order valence-corrected chi connectivity index (χ1v) is 7.93. The summed E-state index contributed by atoms with van der Waals surface area (Å²) >= 11 is 6.30. The lowest BCUT2D eigenvalue weighted by molar-refractivity contribution is 0.102. The molecular formula is C19H16ClNO4. The molecule has 3 aromatic rings. The fourth-order valence-electron chi connectivity index (χ4n) is 2.35. The van der Waals surface area contributed by atoms with Gasteiger partial charge in [0.25, 0.3) is 5.91 Å². The fraction of sp³-hybridized carbons (Fsp3) is 0.105. The van der Waals surface area contributed by atoms with Gasteiger partial charge in [0, 0.05) is 16.8 Å². The monoisotopic (exact) mass is 357 g/mol. The topological polar surface area (TPSA) is 71.7 Å². The van der Waals surface area contributed by atoms with Gasteiger partial charge in [-0.05, 0) is 54.6 Å². The van der Waals surface area contributed by atoms with Crippen LogP contribution in [0.25, 0.3) is 11.3 Å². The molecule has 6 heteroatoms. The zero-order valence-corrected chi connectivity index (χ0v) is 14.2. The highest BCUT2D eigenvalue weighted by Crippen LogP contribution is 2.31. The van der Waals surface area contributed by atoms with E-state index in [1.807, 2.05) is 0 Å². The van der Waals surface area contributed by atoms with Gasteiger partial charge in [-0.3, -0.25) is 4.79 Å². The minimum Gasteiger partial charge on any atom is -0.497 e. The number of benzene rings is 2. The molecule has 0 aliphatic carbocycles. The summed E-state index contributed by atoms with van der Waals surface area (Å²) in [6.45, 7) is -0.173. The minimum atomic E-state index is -0.243. The number of furan rings is 1. The number of methoxy groups -OCH3 is 1. The Morgan fingerprint density at radius 1 is 1.16 bits per heavy atom. The van der Waals surface area contributed by atoms with E-state index in [0.717, 1.165) is 0 Å². The Morgan fingerprint density at radius 3 is 2.52 bits per heavy atom. The van der Waals surface area contributed by atoms with Gasteiger partial charge >= 0.3 is 0 Å². The van der Waals surface area contributed by atoms with Crippen molar-refractivity contribution < 1.29 is 19.1 Å². The van der Waals surface area contributed by atoms with Crippen LogP contribution >= 0.6 is 11.6 Å².